The summed E-state index contributed by atoms with van der Waals surface area (Å²) in [6, 6.07) is 2.06. The number of carbonyl (C=O) groups is 1. The van der Waals surface area contributed by atoms with Gasteiger partial charge in [-0.2, -0.15) is 0 Å². The monoisotopic (exact) mass is 355 g/mol. The number of rotatable bonds is 3. The van der Waals surface area contributed by atoms with E-state index in [1.165, 1.54) is 24.1 Å². The number of amides is 1. The Hall–Kier alpha value is -2.28. The molecule has 1 fully saturated rings. The molecule has 1 saturated heterocycles. The van der Waals surface area contributed by atoms with Crippen LogP contribution in [0.4, 0.5) is 0 Å². The van der Waals surface area contributed by atoms with E-state index in [4.69, 9.17) is 4.42 Å². The highest BCUT2D eigenvalue weighted by Crippen LogP contribution is 2.21. The molecule has 138 valence electrons. The number of aromatic nitrogens is 3. The lowest BCUT2D eigenvalue weighted by molar-refractivity contribution is 0.0760. The number of nitrogens with zero attached hydrogens (tertiary/aromatic N) is 5. The SMILES string of the molecule is Cc1nnc(CN2CCCN(C(=O)c3cnc4c(c3)CCCC4)CC2)o1. The van der Waals surface area contributed by atoms with Crippen molar-refractivity contribution in [2.24, 2.45) is 0 Å². The second-order valence-electron chi connectivity index (χ2n) is 7.17. The maximum absolute atomic E-state index is 12.9. The second kappa shape index (κ2) is 7.53. The maximum atomic E-state index is 12.9. The summed E-state index contributed by atoms with van der Waals surface area (Å²) in [4.78, 5) is 21.7. The van der Waals surface area contributed by atoms with Crippen LogP contribution in [0.1, 0.15) is 52.7 Å². The summed E-state index contributed by atoms with van der Waals surface area (Å²) < 4.78 is 5.47. The van der Waals surface area contributed by atoms with Gasteiger partial charge >= 0.3 is 0 Å². The maximum Gasteiger partial charge on any atom is 0.255 e. The first-order valence-electron chi connectivity index (χ1n) is 9.47. The van der Waals surface area contributed by atoms with Crippen molar-refractivity contribution < 1.29 is 9.21 Å². The summed E-state index contributed by atoms with van der Waals surface area (Å²) >= 11 is 0. The van der Waals surface area contributed by atoms with Crippen LogP contribution < -0.4 is 0 Å². The van der Waals surface area contributed by atoms with Crippen LogP contribution in [0.25, 0.3) is 0 Å². The molecule has 1 amide bonds. The molecule has 2 aromatic rings. The van der Waals surface area contributed by atoms with Crippen molar-refractivity contribution >= 4 is 5.91 Å². The summed E-state index contributed by atoms with van der Waals surface area (Å²) in [5, 5.41) is 7.94. The van der Waals surface area contributed by atoms with E-state index < -0.39 is 0 Å². The van der Waals surface area contributed by atoms with Crippen molar-refractivity contribution in [2.45, 2.75) is 45.6 Å². The predicted octanol–water partition coefficient (Wildman–Crippen LogP) is 2.00. The Kier molecular flexibility index (Phi) is 4.97. The van der Waals surface area contributed by atoms with Gasteiger partial charge in [0.25, 0.3) is 5.91 Å². The molecule has 1 aliphatic heterocycles. The molecule has 2 aromatic heterocycles. The molecule has 0 bridgehead atoms. The normalized spacial score (nSPS) is 18.4. The van der Waals surface area contributed by atoms with E-state index in [2.05, 4.69) is 26.1 Å². The molecule has 0 saturated carbocycles. The zero-order valence-electron chi connectivity index (χ0n) is 15.3. The summed E-state index contributed by atoms with van der Waals surface area (Å²) in [5.41, 5.74) is 3.15. The van der Waals surface area contributed by atoms with Gasteiger partial charge in [0.1, 0.15) is 0 Å². The van der Waals surface area contributed by atoms with Gasteiger partial charge in [0.05, 0.1) is 12.1 Å². The smallest absolute Gasteiger partial charge is 0.255 e. The summed E-state index contributed by atoms with van der Waals surface area (Å²) in [6.07, 6.45) is 7.18. The molecule has 7 nitrogen and oxygen atoms in total. The zero-order chi connectivity index (χ0) is 17.9. The van der Waals surface area contributed by atoms with Crippen LogP contribution in [0.2, 0.25) is 0 Å². The van der Waals surface area contributed by atoms with Crippen molar-refractivity contribution in [3.05, 3.63) is 40.9 Å². The van der Waals surface area contributed by atoms with Crippen LogP contribution in [-0.4, -0.2) is 57.1 Å². The Labute approximate surface area is 153 Å². The van der Waals surface area contributed by atoms with Crippen LogP contribution in [0.15, 0.2) is 16.7 Å². The Morgan fingerprint density at radius 3 is 2.85 bits per heavy atom. The zero-order valence-corrected chi connectivity index (χ0v) is 15.3. The van der Waals surface area contributed by atoms with Gasteiger partial charge in [-0.25, -0.2) is 0 Å². The third-order valence-corrected chi connectivity index (χ3v) is 5.22. The fraction of sp³-hybridized carbons (Fsp3) is 0.579. The highest BCUT2D eigenvalue weighted by molar-refractivity contribution is 5.94. The van der Waals surface area contributed by atoms with Crippen molar-refractivity contribution in [1.82, 2.24) is 25.0 Å². The molecular weight excluding hydrogens is 330 g/mol. The Balaban J connectivity index is 1.39. The van der Waals surface area contributed by atoms with Crippen molar-refractivity contribution in [1.29, 1.82) is 0 Å². The lowest BCUT2D eigenvalue weighted by atomic mass is 9.95. The number of pyridine rings is 1. The minimum absolute atomic E-state index is 0.0985. The van der Waals surface area contributed by atoms with E-state index in [0.717, 1.165) is 44.5 Å². The van der Waals surface area contributed by atoms with Crippen LogP contribution in [0.3, 0.4) is 0 Å². The highest BCUT2D eigenvalue weighted by Gasteiger charge is 2.23. The van der Waals surface area contributed by atoms with Gasteiger partial charge in [-0.1, -0.05) is 0 Å². The molecule has 7 heteroatoms. The first kappa shape index (κ1) is 17.1. The molecule has 0 aromatic carbocycles. The van der Waals surface area contributed by atoms with Gasteiger partial charge < -0.3 is 9.32 Å². The number of aryl methyl sites for hydroxylation is 3. The third-order valence-electron chi connectivity index (χ3n) is 5.22. The number of hydrogen-bond acceptors (Lipinski definition) is 6. The molecule has 0 spiro atoms. The van der Waals surface area contributed by atoms with Crippen molar-refractivity contribution in [3.8, 4) is 0 Å². The molecule has 4 rings (SSSR count). The van der Waals surface area contributed by atoms with Crippen LogP contribution in [-0.2, 0) is 19.4 Å². The fourth-order valence-corrected chi connectivity index (χ4v) is 3.81. The average molecular weight is 355 g/mol. The summed E-state index contributed by atoms with van der Waals surface area (Å²) in [6.45, 7) is 5.66. The van der Waals surface area contributed by atoms with Gasteiger partial charge in [0.15, 0.2) is 0 Å². The fourth-order valence-electron chi connectivity index (χ4n) is 3.81. The van der Waals surface area contributed by atoms with Crippen molar-refractivity contribution in [2.75, 3.05) is 26.2 Å². The highest BCUT2D eigenvalue weighted by atomic mass is 16.4. The first-order valence-corrected chi connectivity index (χ1v) is 9.47. The van der Waals surface area contributed by atoms with Gasteiger partial charge in [-0.15, -0.1) is 10.2 Å². The summed E-state index contributed by atoms with van der Waals surface area (Å²) in [5.74, 6) is 1.33. The number of fused-ring (bicyclic) bond motifs is 1. The minimum Gasteiger partial charge on any atom is -0.424 e. The lowest BCUT2D eigenvalue weighted by Crippen LogP contribution is -2.35. The molecule has 0 radical (unpaired) electrons. The molecule has 0 unspecified atom stereocenters. The van der Waals surface area contributed by atoms with Crippen LogP contribution >= 0.6 is 0 Å². The first-order chi connectivity index (χ1) is 12.7. The van der Waals surface area contributed by atoms with E-state index in [9.17, 15) is 4.79 Å². The average Bonchev–Trinajstić information content (AvgIpc) is 2.93. The van der Waals surface area contributed by atoms with Gasteiger partial charge in [-0.05, 0) is 43.7 Å². The Morgan fingerprint density at radius 1 is 1.12 bits per heavy atom. The molecule has 26 heavy (non-hydrogen) atoms. The predicted molar refractivity (Wildman–Crippen MR) is 95.7 cm³/mol. The van der Waals surface area contributed by atoms with E-state index >= 15 is 0 Å². The van der Waals surface area contributed by atoms with Gasteiger partial charge in [-0.3, -0.25) is 14.7 Å². The largest absolute Gasteiger partial charge is 0.424 e. The molecular formula is C19H25N5O2. The lowest BCUT2D eigenvalue weighted by Gasteiger charge is -2.22. The third kappa shape index (κ3) is 3.77. The molecule has 1 aliphatic carbocycles. The topological polar surface area (TPSA) is 75.4 Å². The standard InChI is InChI=1S/C19H25N5O2/c1-14-21-22-18(26-14)13-23-7-4-8-24(10-9-23)19(25)16-11-15-5-2-3-6-17(15)20-12-16/h11-12H,2-10,13H2,1H3. The number of hydrogen-bond donors (Lipinski definition) is 0. The minimum atomic E-state index is 0.0985. The van der Waals surface area contributed by atoms with Gasteiger partial charge in [0.2, 0.25) is 11.8 Å². The Morgan fingerprint density at radius 2 is 2.00 bits per heavy atom. The van der Waals surface area contributed by atoms with E-state index in [0.29, 0.717) is 24.9 Å². The van der Waals surface area contributed by atoms with E-state index in [-0.39, 0.29) is 5.91 Å². The molecule has 0 N–H and O–H groups in total. The van der Waals surface area contributed by atoms with Crippen LogP contribution in [0, 0.1) is 6.92 Å². The Bertz CT molecular complexity index is 788. The molecule has 0 atom stereocenters. The second-order valence-corrected chi connectivity index (χ2v) is 7.17. The van der Waals surface area contributed by atoms with Crippen molar-refractivity contribution in [3.63, 3.8) is 0 Å². The summed E-state index contributed by atoms with van der Waals surface area (Å²) in [7, 11) is 0. The van der Waals surface area contributed by atoms with Crippen LogP contribution in [0.5, 0.6) is 0 Å². The van der Waals surface area contributed by atoms with Gasteiger partial charge in [0, 0.05) is 45.0 Å². The quantitative estimate of drug-likeness (QED) is 0.838. The molecule has 2 aliphatic rings. The number of carbonyl (C=O) groups excluding carboxylic acids is 1. The molecule has 3 heterocycles. The van der Waals surface area contributed by atoms with E-state index in [1.54, 1.807) is 13.1 Å². The van der Waals surface area contributed by atoms with E-state index in [1.807, 2.05) is 4.90 Å².